The van der Waals surface area contributed by atoms with Crippen LogP contribution in [0.1, 0.15) is 11.3 Å². The molecule has 28 heavy (non-hydrogen) atoms. The molecule has 4 aromatic heterocycles. The Balaban J connectivity index is 1.28. The summed E-state index contributed by atoms with van der Waals surface area (Å²) < 4.78 is 1.51. The Kier molecular flexibility index (Phi) is 5.21. The third-order valence-electron chi connectivity index (χ3n) is 4.76. The lowest BCUT2D eigenvalue weighted by atomic mass is 10.2. The highest BCUT2D eigenvalue weighted by Crippen LogP contribution is 2.49. The Labute approximate surface area is 193 Å². The summed E-state index contributed by atoms with van der Waals surface area (Å²) in [7, 11) is 0. The van der Waals surface area contributed by atoms with Crippen molar-refractivity contribution in [2.24, 2.45) is 0 Å². The molecule has 0 amide bonds. The van der Waals surface area contributed by atoms with Gasteiger partial charge in [0.1, 0.15) is 0 Å². The van der Waals surface area contributed by atoms with E-state index in [4.69, 9.17) is 0 Å². The van der Waals surface area contributed by atoms with Crippen molar-refractivity contribution in [3.05, 3.63) is 41.3 Å². The highest BCUT2D eigenvalue weighted by molar-refractivity contribution is 8.07. The lowest BCUT2D eigenvalue weighted by molar-refractivity contribution is 0.915. The van der Waals surface area contributed by atoms with Gasteiger partial charge in [0.15, 0.2) is 0 Å². The Hall–Kier alpha value is -0.150. The van der Waals surface area contributed by atoms with Crippen LogP contribution in [0.3, 0.4) is 0 Å². The molecule has 0 spiro atoms. The molecule has 0 fully saturated rings. The van der Waals surface area contributed by atoms with Crippen LogP contribution in [0.15, 0.2) is 50.4 Å². The van der Waals surface area contributed by atoms with Crippen molar-refractivity contribution in [3.8, 4) is 29.3 Å². The first-order valence-electron chi connectivity index (χ1n) is 9.19. The molecule has 2 aliphatic heterocycles. The van der Waals surface area contributed by atoms with E-state index in [-0.39, 0.29) is 0 Å². The minimum atomic E-state index is 1.24. The number of aryl methyl sites for hydroxylation is 1. The number of fused-ring (bicyclic) bond motifs is 2. The topological polar surface area (TPSA) is 0 Å². The fraction of sp³-hybridized carbons (Fsp3) is 0.238. The summed E-state index contributed by atoms with van der Waals surface area (Å²) in [6, 6.07) is 14.1. The minimum absolute atomic E-state index is 1.24. The van der Waals surface area contributed by atoms with Crippen molar-refractivity contribution in [2.75, 3.05) is 17.3 Å². The van der Waals surface area contributed by atoms with Gasteiger partial charge in [0, 0.05) is 55.4 Å². The van der Waals surface area contributed by atoms with Crippen molar-refractivity contribution < 1.29 is 0 Å². The molecule has 142 valence electrons. The second-order valence-corrected chi connectivity index (χ2v) is 14.6. The van der Waals surface area contributed by atoms with Gasteiger partial charge in [0.25, 0.3) is 0 Å². The SMILES string of the molecule is c1cc(-c2cc3c(s2)CCCS3)sc1-c1ccc(-c2cc3c(s2)SCCS3)s1. The zero-order valence-electron chi connectivity index (χ0n) is 14.9. The molecule has 0 saturated heterocycles. The van der Waals surface area contributed by atoms with Crippen molar-refractivity contribution in [3.63, 3.8) is 0 Å². The molecule has 0 bridgehead atoms. The van der Waals surface area contributed by atoms with E-state index in [1.165, 1.54) is 73.4 Å². The Morgan fingerprint density at radius 2 is 1.14 bits per heavy atom. The molecule has 7 heteroatoms. The average Bonchev–Trinajstić information content (AvgIpc) is 3.52. The zero-order chi connectivity index (χ0) is 18.5. The Morgan fingerprint density at radius 3 is 1.86 bits per heavy atom. The van der Waals surface area contributed by atoms with Gasteiger partial charge in [0.2, 0.25) is 0 Å². The lowest BCUT2D eigenvalue weighted by Crippen LogP contribution is -1.92. The molecule has 0 saturated carbocycles. The van der Waals surface area contributed by atoms with E-state index in [1.54, 1.807) is 4.88 Å². The van der Waals surface area contributed by atoms with E-state index >= 15 is 0 Å². The van der Waals surface area contributed by atoms with E-state index in [2.05, 4.69) is 36.4 Å². The Bertz CT molecular complexity index is 1000. The first kappa shape index (κ1) is 18.6. The number of hydrogen-bond acceptors (Lipinski definition) is 7. The largest absolute Gasteiger partial charge is 0.138 e. The maximum atomic E-state index is 2.42. The van der Waals surface area contributed by atoms with E-state index < -0.39 is 0 Å². The molecule has 2 aliphatic rings. The van der Waals surface area contributed by atoms with Crippen LogP contribution in [0.4, 0.5) is 0 Å². The molecule has 6 heterocycles. The van der Waals surface area contributed by atoms with Gasteiger partial charge in [-0.15, -0.1) is 80.6 Å². The van der Waals surface area contributed by atoms with Crippen LogP contribution >= 0.6 is 80.6 Å². The zero-order valence-corrected chi connectivity index (χ0v) is 20.6. The molecule has 0 aliphatic carbocycles. The van der Waals surface area contributed by atoms with Crippen molar-refractivity contribution >= 4 is 80.6 Å². The van der Waals surface area contributed by atoms with Crippen LogP contribution in [0.2, 0.25) is 0 Å². The van der Waals surface area contributed by atoms with Crippen LogP contribution in [0.25, 0.3) is 29.3 Å². The fourth-order valence-electron chi connectivity index (χ4n) is 3.42. The van der Waals surface area contributed by atoms with Gasteiger partial charge in [-0.1, -0.05) is 0 Å². The van der Waals surface area contributed by atoms with Gasteiger partial charge in [-0.05, 0) is 55.0 Å². The maximum absolute atomic E-state index is 2.42. The van der Waals surface area contributed by atoms with Gasteiger partial charge in [-0.25, -0.2) is 0 Å². The number of rotatable bonds is 3. The summed E-state index contributed by atoms with van der Waals surface area (Å²) in [4.78, 5) is 13.1. The fourth-order valence-corrected chi connectivity index (χ4v) is 12.0. The van der Waals surface area contributed by atoms with Crippen LogP contribution in [0.5, 0.6) is 0 Å². The van der Waals surface area contributed by atoms with Gasteiger partial charge < -0.3 is 0 Å². The quantitative estimate of drug-likeness (QED) is 0.280. The first-order chi connectivity index (χ1) is 13.8. The molecule has 4 aromatic rings. The van der Waals surface area contributed by atoms with Crippen LogP contribution in [-0.4, -0.2) is 17.3 Å². The second-order valence-electron chi connectivity index (χ2n) is 6.64. The second kappa shape index (κ2) is 7.84. The van der Waals surface area contributed by atoms with E-state index in [9.17, 15) is 0 Å². The first-order valence-corrected chi connectivity index (χ1v) is 15.4. The van der Waals surface area contributed by atoms with Gasteiger partial charge in [-0.3, -0.25) is 0 Å². The molecule has 0 N–H and O–H groups in total. The minimum Gasteiger partial charge on any atom is -0.138 e. The van der Waals surface area contributed by atoms with Crippen molar-refractivity contribution in [1.82, 2.24) is 0 Å². The third-order valence-corrected chi connectivity index (χ3v) is 14.0. The lowest BCUT2D eigenvalue weighted by Gasteiger charge is -2.08. The van der Waals surface area contributed by atoms with Crippen molar-refractivity contribution in [1.29, 1.82) is 0 Å². The molecule has 0 nitrogen and oxygen atoms in total. The van der Waals surface area contributed by atoms with E-state index in [0.29, 0.717) is 0 Å². The highest BCUT2D eigenvalue weighted by atomic mass is 32.2. The average molecular weight is 493 g/mol. The summed E-state index contributed by atoms with van der Waals surface area (Å²) in [5.74, 6) is 3.77. The molecular formula is C21H16S7. The third kappa shape index (κ3) is 3.47. The number of thiophene rings is 4. The summed E-state index contributed by atoms with van der Waals surface area (Å²) in [6.45, 7) is 0. The predicted molar refractivity (Wildman–Crippen MR) is 135 cm³/mol. The normalized spacial score (nSPS) is 16.1. The molecule has 0 aromatic carbocycles. The molecule has 6 rings (SSSR count). The summed E-state index contributed by atoms with van der Waals surface area (Å²) in [5, 5.41) is 0. The van der Waals surface area contributed by atoms with Crippen LogP contribution < -0.4 is 0 Å². The molecule has 0 atom stereocenters. The van der Waals surface area contributed by atoms with Crippen LogP contribution in [0, 0.1) is 0 Å². The summed E-state index contributed by atoms with van der Waals surface area (Å²) in [5.41, 5.74) is 0. The van der Waals surface area contributed by atoms with Gasteiger partial charge in [0.05, 0.1) is 4.21 Å². The smallest absolute Gasteiger partial charge is 0.0741 e. The van der Waals surface area contributed by atoms with Gasteiger partial charge in [-0.2, -0.15) is 0 Å². The number of hydrogen-bond donors (Lipinski definition) is 0. The standard InChI is InChI=1S/C21H16S7/c1-2-12-17(22-7-1)10-18(27-12)15-5-3-13(25-15)14-4-6-16(26-14)19-11-20-21(28-19)24-9-8-23-20/h3-6,10-11H,1-2,7-9H2. The highest BCUT2D eigenvalue weighted by Gasteiger charge is 2.18. The maximum Gasteiger partial charge on any atom is 0.0741 e. The number of thioether (sulfide) groups is 3. The van der Waals surface area contributed by atoms with Crippen LogP contribution in [-0.2, 0) is 6.42 Å². The van der Waals surface area contributed by atoms with E-state index in [1.807, 2.05) is 80.6 Å². The summed E-state index contributed by atoms with van der Waals surface area (Å²) in [6.07, 6.45) is 2.59. The van der Waals surface area contributed by atoms with Crippen molar-refractivity contribution in [2.45, 2.75) is 26.8 Å². The Morgan fingerprint density at radius 1 is 0.536 bits per heavy atom. The molecular weight excluding hydrogens is 477 g/mol. The summed E-state index contributed by atoms with van der Waals surface area (Å²) >= 11 is 13.9. The van der Waals surface area contributed by atoms with E-state index in [0.717, 1.165) is 0 Å². The predicted octanol–water partition coefficient (Wildman–Crippen LogP) is 9.17. The molecule has 0 unspecified atom stereocenters. The molecule has 0 radical (unpaired) electrons. The van der Waals surface area contributed by atoms with Gasteiger partial charge >= 0.3 is 0 Å². The monoisotopic (exact) mass is 492 g/mol.